The van der Waals surface area contributed by atoms with Crippen molar-refractivity contribution in [3.8, 4) is 0 Å². The molecule has 0 unspecified atom stereocenters. The number of nitrogens with zero attached hydrogens (tertiary/aromatic N) is 3. The van der Waals surface area contributed by atoms with Crippen molar-refractivity contribution in [3.63, 3.8) is 0 Å². The van der Waals surface area contributed by atoms with Gasteiger partial charge in [-0.1, -0.05) is 19.4 Å². The first-order chi connectivity index (χ1) is 15.5. The van der Waals surface area contributed by atoms with Crippen LogP contribution >= 0.6 is 11.3 Å². The Balaban J connectivity index is 2.09. The molecule has 0 bridgehead atoms. The Morgan fingerprint density at radius 2 is 1.91 bits per heavy atom. The number of thiophene rings is 1. The lowest BCUT2D eigenvalue weighted by molar-refractivity contribution is -0.135. The Bertz CT molecular complexity index is 1100. The molecule has 168 valence electrons. The number of carbonyl (C=O) groups excluding carboxylic acids is 2. The van der Waals surface area contributed by atoms with Crippen molar-refractivity contribution in [2.45, 2.75) is 39.7 Å². The first kappa shape index (κ1) is 23.4. The van der Waals surface area contributed by atoms with E-state index in [1.54, 1.807) is 30.4 Å². The molecule has 32 heavy (non-hydrogen) atoms. The third-order valence-corrected chi connectivity index (χ3v) is 6.04. The van der Waals surface area contributed by atoms with Gasteiger partial charge in [0, 0.05) is 28.6 Å². The van der Waals surface area contributed by atoms with E-state index in [2.05, 4.69) is 21.5 Å². The monoisotopic (exact) mass is 453 g/mol. The molecule has 0 atom stereocenters. The average molecular weight is 454 g/mol. The number of hydrogen-bond donors (Lipinski definition) is 0. The fraction of sp³-hybridized carbons (Fsp3) is 0.333. The number of rotatable bonds is 9. The fourth-order valence-electron chi connectivity index (χ4n) is 3.42. The molecule has 8 heteroatoms. The number of aryl methyl sites for hydroxylation is 1. The summed E-state index contributed by atoms with van der Waals surface area (Å²) in [5.41, 5.74) is 3.32. The predicted octanol–water partition coefficient (Wildman–Crippen LogP) is 4.51. The van der Waals surface area contributed by atoms with Gasteiger partial charge in [0.1, 0.15) is 5.82 Å². The average Bonchev–Trinajstić information content (AvgIpc) is 3.48. The first-order valence-electron chi connectivity index (χ1n) is 10.4. The second kappa shape index (κ2) is 10.9. The zero-order chi connectivity index (χ0) is 23.1. The molecule has 0 aliphatic carbocycles. The number of imidazole rings is 1. The van der Waals surface area contributed by atoms with E-state index in [1.165, 1.54) is 20.4 Å². The Morgan fingerprint density at radius 1 is 1.09 bits per heavy atom. The quantitative estimate of drug-likeness (QED) is 0.350. The molecule has 3 aromatic heterocycles. The highest BCUT2D eigenvalue weighted by Gasteiger charge is 2.22. The zero-order valence-electron chi connectivity index (χ0n) is 18.8. The molecule has 3 rings (SSSR count). The molecule has 3 heterocycles. The van der Waals surface area contributed by atoms with Crippen molar-refractivity contribution in [2.24, 2.45) is 0 Å². The van der Waals surface area contributed by atoms with Gasteiger partial charge < -0.3 is 14.0 Å². The second-order valence-electron chi connectivity index (χ2n) is 7.25. The van der Waals surface area contributed by atoms with Crippen molar-refractivity contribution < 1.29 is 19.1 Å². The molecule has 7 nitrogen and oxygen atoms in total. The maximum absolute atomic E-state index is 12.4. The van der Waals surface area contributed by atoms with Crippen LogP contribution in [0.3, 0.4) is 0 Å². The SMILES string of the molecule is CCCCc1ncc(C(=C(C)C(=O)OC)c2cccs2)n1Cc1ccc(C(=O)OC)cn1. The van der Waals surface area contributed by atoms with Gasteiger partial charge in [0.15, 0.2) is 0 Å². The number of pyridine rings is 1. The van der Waals surface area contributed by atoms with Crippen LogP contribution in [-0.4, -0.2) is 40.7 Å². The fourth-order valence-corrected chi connectivity index (χ4v) is 4.26. The minimum absolute atomic E-state index is 0.378. The number of methoxy groups -OCH3 is 2. The van der Waals surface area contributed by atoms with E-state index < -0.39 is 5.97 Å². The van der Waals surface area contributed by atoms with Crippen LogP contribution in [0.15, 0.2) is 47.6 Å². The Labute approximate surface area is 191 Å². The molecule has 0 radical (unpaired) electrons. The summed E-state index contributed by atoms with van der Waals surface area (Å²) in [4.78, 5) is 34.3. The van der Waals surface area contributed by atoms with E-state index in [-0.39, 0.29) is 5.97 Å². The topological polar surface area (TPSA) is 83.3 Å². The number of carbonyl (C=O) groups is 2. The Kier molecular flexibility index (Phi) is 7.94. The van der Waals surface area contributed by atoms with Crippen molar-refractivity contribution in [2.75, 3.05) is 14.2 Å². The van der Waals surface area contributed by atoms with E-state index in [9.17, 15) is 9.59 Å². The number of unbranched alkanes of at least 4 members (excludes halogenated alkanes) is 1. The van der Waals surface area contributed by atoms with Crippen LogP contribution in [-0.2, 0) is 27.2 Å². The minimum atomic E-state index is -0.423. The van der Waals surface area contributed by atoms with Gasteiger partial charge >= 0.3 is 11.9 Å². The molecule has 3 aromatic rings. The summed E-state index contributed by atoms with van der Waals surface area (Å²) in [6, 6.07) is 7.45. The van der Waals surface area contributed by atoms with Crippen LogP contribution in [0.2, 0.25) is 0 Å². The van der Waals surface area contributed by atoms with Crippen LogP contribution in [0.1, 0.15) is 59.1 Å². The summed E-state index contributed by atoms with van der Waals surface area (Å²) < 4.78 is 11.9. The molecular formula is C24H27N3O4S. The van der Waals surface area contributed by atoms with E-state index >= 15 is 0 Å². The molecule has 0 N–H and O–H groups in total. The number of hydrogen-bond acceptors (Lipinski definition) is 7. The van der Waals surface area contributed by atoms with Gasteiger partial charge in [-0.15, -0.1) is 11.3 Å². The van der Waals surface area contributed by atoms with E-state index in [1.807, 2.05) is 23.7 Å². The molecular weight excluding hydrogens is 426 g/mol. The second-order valence-corrected chi connectivity index (χ2v) is 8.20. The molecule has 0 saturated carbocycles. The summed E-state index contributed by atoms with van der Waals surface area (Å²) in [5.74, 6) is 0.122. The van der Waals surface area contributed by atoms with Crippen LogP contribution in [0.4, 0.5) is 0 Å². The summed E-state index contributed by atoms with van der Waals surface area (Å²) >= 11 is 1.56. The van der Waals surface area contributed by atoms with Crippen LogP contribution in [0.5, 0.6) is 0 Å². The van der Waals surface area contributed by atoms with Crippen LogP contribution in [0, 0.1) is 0 Å². The molecule has 0 aromatic carbocycles. The summed E-state index contributed by atoms with van der Waals surface area (Å²) in [5, 5.41) is 1.98. The lowest BCUT2D eigenvalue weighted by atomic mass is 10.0. The van der Waals surface area contributed by atoms with Gasteiger partial charge in [0.25, 0.3) is 0 Å². The van der Waals surface area contributed by atoms with Gasteiger partial charge in [-0.3, -0.25) is 4.98 Å². The van der Waals surface area contributed by atoms with E-state index in [0.29, 0.717) is 17.7 Å². The third kappa shape index (κ3) is 5.13. The first-order valence-corrected chi connectivity index (χ1v) is 11.3. The standard InChI is InChI=1S/C24H27N3O4S/c1-5-6-9-21-26-14-19(22(16(2)23(28)30-3)20-8-7-12-32-20)27(21)15-18-11-10-17(13-25-18)24(29)31-4/h7-8,10-14H,5-6,9,15H2,1-4H3. The largest absolute Gasteiger partial charge is 0.466 e. The zero-order valence-corrected chi connectivity index (χ0v) is 19.6. The molecule has 0 saturated heterocycles. The van der Waals surface area contributed by atoms with Crippen LogP contribution < -0.4 is 0 Å². The van der Waals surface area contributed by atoms with Crippen molar-refractivity contribution in [3.05, 3.63) is 75.3 Å². The molecule has 0 spiro atoms. The molecule has 0 amide bonds. The highest BCUT2D eigenvalue weighted by Crippen LogP contribution is 2.32. The highest BCUT2D eigenvalue weighted by molar-refractivity contribution is 7.11. The van der Waals surface area contributed by atoms with Gasteiger partial charge in [-0.2, -0.15) is 0 Å². The number of ether oxygens (including phenoxy) is 2. The Morgan fingerprint density at radius 3 is 2.50 bits per heavy atom. The lowest BCUT2D eigenvalue weighted by Gasteiger charge is -2.15. The predicted molar refractivity (Wildman–Crippen MR) is 124 cm³/mol. The van der Waals surface area contributed by atoms with Gasteiger partial charge in [0.05, 0.1) is 43.9 Å². The van der Waals surface area contributed by atoms with Crippen molar-refractivity contribution in [1.82, 2.24) is 14.5 Å². The minimum Gasteiger partial charge on any atom is -0.466 e. The number of esters is 2. The van der Waals surface area contributed by atoms with Crippen molar-refractivity contribution >= 4 is 28.8 Å². The molecule has 0 aliphatic heterocycles. The summed E-state index contributed by atoms with van der Waals surface area (Å²) in [6.45, 7) is 4.37. The maximum Gasteiger partial charge on any atom is 0.339 e. The molecule has 0 aliphatic rings. The van der Waals surface area contributed by atoms with E-state index in [0.717, 1.165) is 46.9 Å². The van der Waals surface area contributed by atoms with Gasteiger partial charge in [-0.25, -0.2) is 14.6 Å². The summed E-state index contributed by atoms with van der Waals surface area (Å²) in [7, 11) is 2.73. The Hall–Kier alpha value is -3.26. The normalized spacial score (nSPS) is 11.8. The molecule has 0 fully saturated rings. The van der Waals surface area contributed by atoms with E-state index in [4.69, 9.17) is 9.47 Å². The lowest BCUT2D eigenvalue weighted by Crippen LogP contribution is -2.13. The highest BCUT2D eigenvalue weighted by atomic mass is 32.1. The van der Waals surface area contributed by atoms with Crippen LogP contribution in [0.25, 0.3) is 5.57 Å². The van der Waals surface area contributed by atoms with Gasteiger partial charge in [-0.05, 0) is 36.9 Å². The summed E-state index contributed by atoms with van der Waals surface area (Å²) in [6.07, 6.45) is 6.18. The maximum atomic E-state index is 12.4. The third-order valence-electron chi connectivity index (χ3n) is 5.15. The van der Waals surface area contributed by atoms with Gasteiger partial charge in [0.2, 0.25) is 0 Å². The number of aromatic nitrogens is 3. The van der Waals surface area contributed by atoms with Crippen molar-refractivity contribution in [1.29, 1.82) is 0 Å². The smallest absolute Gasteiger partial charge is 0.339 e.